The van der Waals surface area contributed by atoms with Crippen LogP contribution in [0.1, 0.15) is 46.8 Å². The van der Waals surface area contributed by atoms with E-state index in [1.807, 2.05) is 12.1 Å². The lowest BCUT2D eigenvalue weighted by Crippen LogP contribution is -2.43. The third kappa shape index (κ3) is 8.55. The van der Waals surface area contributed by atoms with E-state index < -0.39 is 66.9 Å². The summed E-state index contributed by atoms with van der Waals surface area (Å²) >= 11 is 0. The molecule has 2 aromatic heterocycles. The summed E-state index contributed by atoms with van der Waals surface area (Å²) in [7, 11) is -4.58. The first kappa shape index (κ1) is 42.3. The van der Waals surface area contributed by atoms with E-state index in [1.54, 1.807) is 64.2 Å². The SMILES string of the molecule is O=C(O)c1cn(C2CC2)c2c3c(c(F)cc2c1=O)N1C[C@@](COc2ccc(N4C[C@H](Cn5ccnn5)OC4=O)cc2F)(OP(=O)(OCc2ccccc2)OCc2ccccc2)C[C@@H]1CO3. The molecule has 5 heterocycles. The van der Waals surface area contributed by atoms with Crippen LogP contribution in [0.5, 0.6) is 11.5 Å². The van der Waals surface area contributed by atoms with Crippen molar-refractivity contribution in [2.45, 2.75) is 62.8 Å². The van der Waals surface area contributed by atoms with E-state index in [2.05, 4.69) is 10.3 Å². The number of aromatic carboxylic acids is 1. The van der Waals surface area contributed by atoms with Gasteiger partial charge in [0.1, 0.15) is 36.2 Å². The second kappa shape index (κ2) is 17.0. The fourth-order valence-electron chi connectivity index (χ4n) is 8.60. The van der Waals surface area contributed by atoms with Crippen LogP contribution >= 0.6 is 7.82 Å². The topological polar surface area (TPSA) is 186 Å². The van der Waals surface area contributed by atoms with Gasteiger partial charge in [0.15, 0.2) is 23.1 Å². The molecule has 0 bridgehead atoms. The molecule has 0 spiro atoms. The van der Waals surface area contributed by atoms with Crippen molar-refractivity contribution in [3.05, 3.63) is 142 Å². The predicted molar refractivity (Wildman–Crippen MR) is 228 cm³/mol. The van der Waals surface area contributed by atoms with E-state index in [9.17, 15) is 19.5 Å². The van der Waals surface area contributed by atoms with Crippen molar-refractivity contribution in [2.24, 2.45) is 0 Å². The fraction of sp³-hybridized carbons (Fsp3) is 0.311. The highest BCUT2D eigenvalue weighted by atomic mass is 31.2. The number of benzene rings is 4. The van der Waals surface area contributed by atoms with Gasteiger partial charge in [-0.2, -0.15) is 0 Å². The molecule has 0 unspecified atom stereocenters. The van der Waals surface area contributed by atoms with Crippen LogP contribution in [-0.2, 0) is 42.6 Å². The first-order chi connectivity index (χ1) is 31.4. The number of aromatic nitrogens is 4. The molecule has 1 saturated carbocycles. The molecule has 20 heteroatoms. The standard InChI is InChI=1S/C45H41F2N6O11P/c46-36-17-31(52-21-33(63-44(52)57)20-50-16-15-48-49-50)13-14-38(36)60-27-45(64-65(58,61-23-28-7-3-1-4-8-28)62-24-29-9-5-2-6-10-29)19-32-25-59-42-39-34(18-37(47)40(42)53(32)26-45)41(54)35(43(55)56)22-51(39)30-11-12-30/h1-10,13-18,22,30,32-33H,11-12,19-21,23-27H2,(H,55,56)/t32-,33+,45+/m1/s1. The van der Waals surface area contributed by atoms with Crippen molar-refractivity contribution in [1.82, 2.24) is 19.6 Å². The van der Waals surface area contributed by atoms with Crippen LogP contribution in [0.4, 0.5) is 25.0 Å². The molecule has 336 valence electrons. The van der Waals surface area contributed by atoms with E-state index >= 15 is 13.3 Å². The minimum absolute atomic E-state index is 0.00281. The van der Waals surface area contributed by atoms with Gasteiger partial charge in [0, 0.05) is 30.9 Å². The maximum Gasteiger partial charge on any atom is 0.476 e. The molecule has 6 aromatic rings. The number of fused-ring (bicyclic) bond motifs is 5. The highest BCUT2D eigenvalue weighted by Gasteiger charge is 2.54. The lowest BCUT2D eigenvalue weighted by atomic mass is 10.0. The number of carboxylic acid groups (broad SMARTS) is 1. The number of halogens is 2. The largest absolute Gasteiger partial charge is 0.487 e. The van der Waals surface area contributed by atoms with Crippen LogP contribution < -0.4 is 24.7 Å². The zero-order chi connectivity index (χ0) is 44.9. The molecule has 10 rings (SSSR count). The van der Waals surface area contributed by atoms with Crippen molar-refractivity contribution in [2.75, 3.05) is 36.1 Å². The number of cyclic esters (lactones) is 1. The van der Waals surface area contributed by atoms with Crippen molar-refractivity contribution in [1.29, 1.82) is 0 Å². The Morgan fingerprint density at radius 1 is 0.938 bits per heavy atom. The Morgan fingerprint density at radius 2 is 1.66 bits per heavy atom. The first-order valence-corrected chi connectivity index (χ1v) is 22.4. The number of hydrogen-bond donors (Lipinski definition) is 1. The molecular formula is C45H41F2N6O11P. The molecule has 4 aromatic carbocycles. The maximum atomic E-state index is 16.6. The van der Waals surface area contributed by atoms with Gasteiger partial charge in [0.05, 0.1) is 61.7 Å². The van der Waals surface area contributed by atoms with E-state index in [4.69, 9.17) is 27.8 Å². The molecule has 3 atom stereocenters. The summed E-state index contributed by atoms with van der Waals surface area (Å²) in [5.41, 5.74) is -1.19. The van der Waals surface area contributed by atoms with Gasteiger partial charge in [-0.25, -0.2) is 27.6 Å². The molecule has 17 nitrogen and oxygen atoms in total. The summed E-state index contributed by atoms with van der Waals surface area (Å²) in [4.78, 5) is 41.4. The molecule has 3 fully saturated rings. The Labute approximate surface area is 369 Å². The van der Waals surface area contributed by atoms with Gasteiger partial charge in [-0.05, 0) is 42.2 Å². The molecule has 3 aliphatic heterocycles. The number of carbonyl (C=O) groups excluding carboxylic acids is 1. The first-order valence-electron chi connectivity index (χ1n) is 20.9. The summed E-state index contributed by atoms with van der Waals surface area (Å²) in [5.74, 6) is -3.30. The van der Waals surface area contributed by atoms with Crippen LogP contribution in [0.3, 0.4) is 0 Å². The zero-order valence-electron chi connectivity index (χ0n) is 34.5. The summed E-state index contributed by atoms with van der Waals surface area (Å²) < 4.78 is 87.6. The number of amides is 1. The number of ether oxygens (including phenoxy) is 3. The van der Waals surface area contributed by atoms with E-state index in [-0.39, 0.29) is 85.7 Å². The van der Waals surface area contributed by atoms with Gasteiger partial charge in [0.2, 0.25) is 5.43 Å². The summed E-state index contributed by atoms with van der Waals surface area (Å²) in [6, 6.07) is 22.2. The molecule has 2 saturated heterocycles. The predicted octanol–water partition coefficient (Wildman–Crippen LogP) is 7.28. The smallest absolute Gasteiger partial charge is 0.476 e. The number of nitrogens with zero attached hydrogens (tertiary/aromatic N) is 6. The second-order valence-corrected chi connectivity index (χ2v) is 18.0. The Kier molecular flexibility index (Phi) is 11.1. The van der Waals surface area contributed by atoms with Gasteiger partial charge in [-0.1, -0.05) is 65.9 Å². The molecule has 0 radical (unpaired) electrons. The fourth-order valence-corrected chi connectivity index (χ4v) is 10.1. The highest BCUT2D eigenvalue weighted by Crippen LogP contribution is 2.58. The monoisotopic (exact) mass is 910 g/mol. The van der Waals surface area contributed by atoms with E-state index in [0.717, 1.165) is 25.0 Å². The number of pyridine rings is 1. The van der Waals surface area contributed by atoms with Gasteiger partial charge in [-0.15, -0.1) is 5.10 Å². The highest BCUT2D eigenvalue weighted by molar-refractivity contribution is 7.48. The van der Waals surface area contributed by atoms with Crippen molar-refractivity contribution in [3.8, 4) is 11.5 Å². The van der Waals surface area contributed by atoms with Crippen LogP contribution in [0.2, 0.25) is 0 Å². The Bertz CT molecular complexity index is 2840. The lowest BCUT2D eigenvalue weighted by molar-refractivity contribution is -0.0139. The minimum Gasteiger partial charge on any atom is -0.487 e. The van der Waals surface area contributed by atoms with Crippen LogP contribution in [0.25, 0.3) is 10.9 Å². The summed E-state index contributed by atoms with van der Waals surface area (Å²) in [5, 5.41) is 17.4. The second-order valence-electron chi connectivity index (χ2n) is 16.4. The Balaban J connectivity index is 0.988. The number of hydrogen-bond acceptors (Lipinski definition) is 13. The van der Waals surface area contributed by atoms with Gasteiger partial charge < -0.3 is 28.8 Å². The Hall–Kier alpha value is -6.66. The van der Waals surface area contributed by atoms with Gasteiger partial charge in [0.25, 0.3) is 0 Å². The number of rotatable bonds is 16. The average molecular weight is 911 g/mol. The minimum atomic E-state index is -4.58. The third-order valence-electron chi connectivity index (χ3n) is 11.8. The molecule has 4 aliphatic rings. The number of carboxylic acids is 1. The number of carbonyl (C=O) groups is 2. The summed E-state index contributed by atoms with van der Waals surface area (Å²) in [6.07, 6.45) is 4.61. The average Bonchev–Trinajstić information content (AvgIpc) is 3.70. The van der Waals surface area contributed by atoms with Gasteiger partial charge in [-0.3, -0.25) is 23.3 Å². The van der Waals surface area contributed by atoms with Crippen LogP contribution in [0.15, 0.2) is 108 Å². The number of phosphoric acid groups is 1. The quantitative estimate of drug-likeness (QED) is 0.0956. The van der Waals surface area contributed by atoms with Crippen LogP contribution in [0, 0.1) is 11.6 Å². The molecule has 1 aliphatic carbocycles. The van der Waals surface area contributed by atoms with Crippen LogP contribution in [-0.4, -0.2) is 80.8 Å². The number of anilines is 2. The van der Waals surface area contributed by atoms with Crippen molar-refractivity contribution in [3.63, 3.8) is 0 Å². The van der Waals surface area contributed by atoms with E-state index in [0.29, 0.717) is 11.1 Å². The molecular weight excluding hydrogens is 869 g/mol. The maximum absolute atomic E-state index is 16.6. The lowest BCUT2D eigenvalue weighted by Gasteiger charge is -2.35. The van der Waals surface area contributed by atoms with Crippen molar-refractivity contribution < 1.29 is 55.8 Å². The third-order valence-corrected chi connectivity index (χ3v) is 13.3. The normalized spacial score (nSPS) is 20.4. The molecule has 1 amide bonds. The molecule has 1 N–H and O–H groups in total. The number of phosphoric ester groups is 1. The zero-order valence-corrected chi connectivity index (χ0v) is 35.4. The van der Waals surface area contributed by atoms with E-state index in [1.165, 1.54) is 34.1 Å². The summed E-state index contributed by atoms with van der Waals surface area (Å²) in [6.45, 7) is -0.665. The Morgan fingerprint density at radius 3 is 2.31 bits per heavy atom. The van der Waals surface area contributed by atoms with Crippen molar-refractivity contribution >= 4 is 42.2 Å². The van der Waals surface area contributed by atoms with Gasteiger partial charge >= 0.3 is 19.9 Å². The molecule has 65 heavy (non-hydrogen) atoms.